The third-order valence-electron chi connectivity index (χ3n) is 7.38. The van der Waals surface area contributed by atoms with Gasteiger partial charge in [-0.3, -0.25) is 0 Å². The summed E-state index contributed by atoms with van der Waals surface area (Å²) >= 11 is 0. The maximum Gasteiger partial charge on any atom is 0.163 e. The highest BCUT2D eigenvalue weighted by Crippen LogP contribution is 2.27. The van der Waals surface area contributed by atoms with Crippen molar-refractivity contribution in [3.05, 3.63) is 20.9 Å². The molecule has 0 aromatic carbocycles. The summed E-state index contributed by atoms with van der Waals surface area (Å²) in [6.07, 6.45) is -1.60. The monoisotopic (exact) mass is 806 g/mol. The highest BCUT2D eigenvalue weighted by molar-refractivity contribution is 4.84. The van der Waals surface area contributed by atoms with Crippen molar-refractivity contribution in [3.63, 3.8) is 0 Å². The van der Waals surface area contributed by atoms with E-state index in [0.717, 1.165) is 0 Å². The third kappa shape index (κ3) is 29.9. The van der Waals surface area contributed by atoms with Gasteiger partial charge in [0.15, 0.2) is 28.9 Å². The Morgan fingerprint density at radius 1 is 0.727 bits per heavy atom. The topological polar surface area (TPSA) is 297 Å². The number of nitrogens with zero attached hydrogens (tertiary/aromatic N) is 6. The first-order valence-corrected chi connectivity index (χ1v) is 17.3. The highest BCUT2D eigenvalue weighted by Gasteiger charge is 2.38. The molecule has 0 spiro atoms. The van der Waals surface area contributed by atoms with Crippen LogP contribution < -0.4 is 5.73 Å². The lowest BCUT2D eigenvalue weighted by molar-refractivity contribution is -0.205. The zero-order valence-corrected chi connectivity index (χ0v) is 35.0. The average molecular weight is 806 g/mol. The molecule has 2 fully saturated rings. The molecule has 0 aromatic heterocycles. The summed E-state index contributed by atoms with van der Waals surface area (Å²) in [5.41, 5.74) is 22.4. The lowest BCUT2D eigenvalue weighted by atomic mass is 10.2. The number of aliphatic hydroxyl groups is 4. The molecule has 0 aromatic rings. The number of rotatable bonds is 17. The molecule has 0 radical (unpaired) electrons. The summed E-state index contributed by atoms with van der Waals surface area (Å²) < 4.78 is 53.3. The van der Waals surface area contributed by atoms with Gasteiger partial charge in [0.2, 0.25) is 0 Å². The molecule has 2 aliphatic rings. The van der Waals surface area contributed by atoms with Gasteiger partial charge >= 0.3 is 0 Å². The predicted molar refractivity (Wildman–Crippen MR) is 205 cm³/mol. The van der Waals surface area contributed by atoms with Crippen LogP contribution in [0.5, 0.6) is 0 Å². The summed E-state index contributed by atoms with van der Waals surface area (Å²) in [7, 11) is 6.39. The molecule has 2 saturated heterocycles. The molecule has 0 unspecified atom stereocenters. The Balaban J connectivity index is -0.000000321. The minimum atomic E-state index is -1.18. The molecule has 2 rings (SSSR count). The minimum absolute atomic E-state index is 0. The number of hydrogen-bond donors (Lipinski definition) is 5. The molecular formula is C34H75N7O14. The van der Waals surface area contributed by atoms with E-state index < -0.39 is 60.3 Å². The fourth-order valence-corrected chi connectivity index (χ4v) is 3.43. The lowest BCUT2D eigenvalue weighted by Crippen LogP contribution is -2.44. The van der Waals surface area contributed by atoms with Crippen molar-refractivity contribution in [3.8, 4) is 0 Å². The Morgan fingerprint density at radius 3 is 1.40 bits per heavy atom. The number of ether oxygens (including phenoxy) is 10. The van der Waals surface area contributed by atoms with Crippen LogP contribution in [0.15, 0.2) is 10.2 Å². The fourth-order valence-electron chi connectivity index (χ4n) is 3.43. The van der Waals surface area contributed by atoms with Gasteiger partial charge in [0.05, 0.1) is 70.0 Å². The van der Waals surface area contributed by atoms with Crippen molar-refractivity contribution in [2.75, 3.05) is 74.7 Å². The molecule has 2 heterocycles. The average Bonchev–Trinajstić information content (AvgIpc) is 3.68. The van der Waals surface area contributed by atoms with Gasteiger partial charge in [-0.25, -0.2) is 0 Å². The second-order valence-electron chi connectivity index (χ2n) is 13.8. The molecule has 6 N–H and O–H groups in total. The Kier molecular flexibility index (Phi) is 32.7. The van der Waals surface area contributed by atoms with Crippen molar-refractivity contribution in [1.29, 1.82) is 0 Å². The van der Waals surface area contributed by atoms with E-state index in [0.29, 0.717) is 19.8 Å². The first-order chi connectivity index (χ1) is 24.8. The van der Waals surface area contributed by atoms with Crippen molar-refractivity contribution in [2.45, 2.75) is 149 Å². The van der Waals surface area contributed by atoms with Gasteiger partial charge in [0.25, 0.3) is 0 Å². The van der Waals surface area contributed by atoms with Crippen molar-refractivity contribution >= 4 is 0 Å². The van der Waals surface area contributed by atoms with Gasteiger partial charge < -0.3 is 73.5 Å². The van der Waals surface area contributed by atoms with E-state index in [1.165, 1.54) is 0 Å². The predicted octanol–water partition coefficient (Wildman–Crippen LogP) is 3.74. The quantitative estimate of drug-likeness (QED) is 0.0605. The van der Waals surface area contributed by atoms with Crippen LogP contribution in [0.25, 0.3) is 20.9 Å². The van der Waals surface area contributed by atoms with Gasteiger partial charge in [-0.2, -0.15) is 0 Å². The molecule has 55 heavy (non-hydrogen) atoms. The second-order valence-corrected chi connectivity index (χ2v) is 13.8. The smallest absolute Gasteiger partial charge is 0.163 e. The van der Waals surface area contributed by atoms with Crippen molar-refractivity contribution in [1.82, 2.24) is 0 Å². The number of nitrogens with two attached hydrogens (primary N) is 1. The van der Waals surface area contributed by atoms with Gasteiger partial charge in [-0.05, 0) is 87.2 Å². The molecule has 330 valence electrons. The SMILES string of the molecule is C.CCO.COC(C)(C)OC.COC(C)(C)OC[C@H](N)[C@H]1COC(C)(C)O1.COC(C)(C)OC[C@H](N=[N+]=[N-])[C@H]1COC(C)(C)O1.[N-]=[N+]=N[C@@H](CO)[C@H](O)CO. The standard InChI is InChI=1S/C11H21N3O4.C11H23NO4.C5H12O2.C4H9N3O3.C2H6O.CH4/c1-10(2,15-5)16-6-8(13-14-12)9-7-17-11(3,4)18-9;1-10(2,13-5)14-6-8(12)9-7-15-11(3,4)16-9;1-5(2,6-3)7-4;5-7-6-3(1-8)4(10)2-9;1-2-3;/h8-9H,6-7H2,1-5H3;8-9H,6-7,12H2,1-5H3;1-4H3;3-4,8-10H,1-2H2;3H,2H2,1H3;1H4/t2*8-,9+;;3-,4+;;/m00.0../s1. The second kappa shape index (κ2) is 30.1. The molecule has 21 nitrogen and oxygen atoms in total. The van der Waals surface area contributed by atoms with Crippen LogP contribution in [-0.4, -0.2) is 160 Å². The van der Waals surface area contributed by atoms with E-state index in [-0.39, 0.29) is 38.9 Å². The molecule has 21 heteroatoms. The normalized spacial score (nSPS) is 20.6. The molecule has 6 atom stereocenters. The summed E-state index contributed by atoms with van der Waals surface area (Å²) in [6, 6.07) is -1.60. The maximum absolute atomic E-state index is 8.77. The number of hydrogen-bond acceptors (Lipinski definition) is 17. The van der Waals surface area contributed by atoms with Crippen LogP contribution in [0, 0.1) is 0 Å². The number of azide groups is 2. The minimum Gasteiger partial charge on any atom is -0.397 e. The molecule has 2 aliphatic heterocycles. The van der Waals surface area contributed by atoms with Crippen LogP contribution in [0.4, 0.5) is 0 Å². The number of methoxy groups -OCH3 is 4. The first kappa shape index (κ1) is 59.7. The first-order valence-electron chi connectivity index (χ1n) is 17.3. The third-order valence-corrected chi connectivity index (χ3v) is 7.38. The zero-order chi connectivity index (χ0) is 42.8. The number of aliphatic hydroxyl groups excluding tert-OH is 4. The van der Waals surface area contributed by atoms with Crippen LogP contribution >= 0.6 is 0 Å². The van der Waals surface area contributed by atoms with Gasteiger partial charge in [0, 0.05) is 44.9 Å². The maximum atomic E-state index is 8.77. The van der Waals surface area contributed by atoms with Gasteiger partial charge in [-0.15, -0.1) is 0 Å². The van der Waals surface area contributed by atoms with E-state index in [1.54, 1.807) is 49.2 Å². The summed E-state index contributed by atoms with van der Waals surface area (Å²) in [6.45, 7) is 20.8. The van der Waals surface area contributed by atoms with Crippen LogP contribution in [0.1, 0.15) is 83.6 Å². The molecule has 0 bridgehead atoms. The lowest BCUT2D eigenvalue weighted by Gasteiger charge is -2.27. The molecule has 0 saturated carbocycles. The van der Waals surface area contributed by atoms with Crippen molar-refractivity contribution in [2.24, 2.45) is 16.0 Å². The Morgan fingerprint density at radius 2 is 1.11 bits per heavy atom. The molecule has 0 amide bonds. The van der Waals surface area contributed by atoms with Crippen molar-refractivity contribution < 1.29 is 67.8 Å². The van der Waals surface area contributed by atoms with Crippen LogP contribution in [0.2, 0.25) is 0 Å². The van der Waals surface area contributed by atoms with E-state index in [4.69, 9.17) is 84.6 Å². The Hall–Kier alpha value is -1.98. The largest absolute Gasteiger partial charge is 0.397 e. The summed E-state index contributed by atoms with van der Waals surface area (Å²) in [4.78, 5) is 5.19. The van der Waals surface area contributed by atoms with E-state index in [2.05, 4.69) is 20.1 Å². The summed E-state index contributed by atoms with van der Waals surface area (Å²) in [5, 5.41) is 39.8. The molecular weight excluding hydrogens is 730 g/mol. The zero-order valence-electron chi connectivity index (χ0n) is 35.0. The molecule has 0 aliphatic carbocycles. The van der Waals surface area contributed by atoms with Gasteiger partial charge in [-0.1, -0.05) is 17.7 Å². The van der Waals surface area contributed by atoms with E-state index >= 15 is 0 Å². The van der Waals surface area contributed by atoms with Crippen LogP contribution in [0.3, 0.4) is 0 Å². The van der Waals surface area contributed by atoms with E-state index in [1.807, 2.05) is 55.4 Å². The van der Waals surface area contributed by atoms with Gasteiger partial charge in [0.1, 0.15) is 6.10 Å². The Labute approximate surface area is 328 Å². The Bertz CT molecular complexity index is 1050. The van der Waals surface area contributed by atoms with Crippen LogP contribution in [-0.2, 0) is 47.4 Å². The highest BCUT2D eigenvalue weighted by atomic mass is 16.8. The summed E-state index contributed by atoms with van der Waals surface area (Å²) in [5.74, 6) is -2.95. The van der Waals surface area contributed by atoms with E-state index in [9.17, 15) is 0 Å². The fraction of sp³-hybridized carbons (Fsp3) is 1.00.